The lowest BCUT2D eigenvalue weighted by Crippen LogP contribution is -2.45. The average molecular weight is 290 g/mol. The molecule has 0 unspecified atom stereocenters. The van der Waals surface area contributed by atoms with Gasteiger partial charge in [-0.2, -0.15) is 0 Å². The van der Waals surface area contributed by atoms with Crippen molar-refractivity contribution >= 4 is 11.7 Å². The van der Waals surface area contributed by atoms with Crippen molar-refractivity contribution in [3.8, 4) is 0 Å². The van der Waals surface area contributed by atoms with Gasteiger partial charge in [-0.15, -0.1) is 0 Å². The van der Waals surface area contributed by atoms with Crippen LogP contribution >= 0.6 is 0 Å². The highest BCUT2D eigenvalue weighted by atomic mass is 16.4. The zero-order chi connectivity index (χ0) is 15.1. The second kappa shape index (κ2) is 8.03. The van der Waals surface area contributed by atoms with Crippen LogP contribution in [0.3, 0.4) is 0 Å². The molecule has 116 valence electrons. The Morgan fingerprint density at radius 3 is 2.52 bits per heavy atom. The first-order valence-corrected chi connectivity index (χ1v) is 7.96. The zero-order valence-corrected chi connectivity index (χ0v) is 12.9. The van der Waals surface area contributed by atoms with Crippen LogP contribution in [0.15, 0.2) is 30.3 Å². The third-order valence-electron chi connectivity index (χ3n) is 4.32. The fraction of sp³-hybridized carbons (Fsp3) is 0.588. The highest BCUT2D eigenvalue weighted by Crippen LogP contribution is 2.24. The molecule has 0 saturated carbocycles. The molecule has 0 bridgehead atoms. The Kier molecular flexibility index (Phi) is 6.05. The first-order chi connectivity index (χ1) is 10.2. The predicted octanol–water partition coefficient (Wildman–Crippen LogP) is 2.84. The third kappa shape index (κ3) is 4.74. The van der Waals surface area contributed by atoms with Gasteiger partial charge >= 0.3 is 5.97 Å². The number of carboxylic acid groups (broad SMARTS) is 1. The van der Waals surface area contributed by atoms with E-state index in [9.17, 15) is 4.79 Å². The lowest BCUT2D eigenvalue weighted by atomic mass is 10.0. The summed E-state index contributed by atoms with van der Waals surface area (Å²) in [4.78, 5) is 15.6. The molecule has 1 aromatic carbocycles. The third-order valence-corrected chi connectivity index (χ3v) is 4.32. The van der Waals surface area contributed by atoms with Crippen LogP contribution in [-0.2, 0) is 4.79 Å². The molecule has 0 atom stereocenters. The number of carboxylic acids is 1. The number of piperidine rings is 1. The van der Waals surface area contributed by atoms with Gasteiger partial charge in [0.1, 0.15) is 0 Å². The molecule has 0 spiro atoms. The van der Waals surface area contributed by atoms with E-state index in [2.05, 4.69) is 41.0 Å². The molecule has 1 N–H and O–H groups in total. The number of rotatable bonds is 7. The molecular weight excluding hydrogens is 264 g/mol. The summed E-state index contributed by atoms with van der Waals surface area (Å²) in [5.74, 6) is -0.705. The van der Waals surface area contributed by atoms with Crippen molar-refractivity contribution in [2.75, 3.05) is 31.1 Å². The van der Waals surface area contributed by atoms with Gasteiger partial charge in [0.25, 0.3) is 0 Å². The van der Waals surface area contributed by atoms with Crippen molar-refractivity contribution in [1.29, 1.82) is 0 Å². The van der Waals surface area contributed by atoms with Crippen molar-refractivity contribution in [1.82, 2.24) is 4.90 Å². The van der Waals surface area contributed by atoms with Crippen molar-refractivity contribution in [3.05, 3.63) is 30.3 Å². The van der Waals surface area contributed by atoms with Gasteiger partial charge in [-0.1, -0.05) is 25.1 Å². The van der Waals surface area contributed by atoms with Crippen LogP contribution in [0.1, 0.15) is 32.6 Å². The normalized spacial score (nSPS) is 16.8. The van der Waals surface area contributed by atoms with Gasteiger partial charge in [-0.25, -0.2) is 0 Å². The molecule has 2 rings (SSSR count). The first kappa shape index (κ1) is 15.8. The summed E-state index contributed by atoms with van der Waals surface area (Å²) in [5, 5.41) is 8.85. The van der Waals surface area contributed by atoms with Gasteiger partial charge in [0.05, 0.1) is 0 Å². The molecule has 1 heterocycles. The van der Waals surface area contributed by atoms with E-state index in [1.165, 1.54) is 5.69 Å². The molecular formula is C17H26N2O2. The number of likely N-dealkylation sites (tertiary alicyclic amines) is 1. The smallest absolute Gasteiger partial charge is 0.303 e. The van der Waals surface area contributed by atoms with Gasteiger partial charge in [-0.3, -0.25) is 4.79 Å². The number of hydrogen-bond donors (Lipinski definition) is 1. The summed E-state index contributed by atoms with van der Waals surface area (Å²) in [7, 11) is 0. The Balaban J connectivity index is 2.00. The van der Waals surface area contributed by atoms with Crippen LogP contribution in [0.4, 0.5) is 5.69 Å². The van der Waals surface area contributed by atoms with E-state index in [1.807, 2.05) is 6.07 Å². The lowest BCUT2D eigenvalue weighted by molar-refractivity contribution is -0.137. The minimum atomic E-state index is -0.705. The highest BCUT2D eigenvalue weighted by Gasteiger charge is 2.24. The maximum atomic E-state index is 10.8. The van der Waals surface area contributed by atoms with E-state index in [0.717, 1.165) is 39.0 Å². The van der Waals surface area contributed by atoms with E-state index >= 15 is 0 Å². The maximum absolute atomic E-state index is 10.8. The van der Waals surface area contributed by atoms with Crippen LogP contribution < -0.4 is 4.90 Å². The first-order valence-electron chi connectivity index (χ1n) is 7.96. The molecule has 21 heavy (non-hydrogen) atoms. The Morgan fingerprint density at radius 2 is 1.95 bits per heavy atom. The molecule has 4 nitrogen and oxygen atoms in total. The lowest BCUT2D eigenvalue weighted by Gasteiger charge is -2.39. The number of para-hydroxylation sites is 1. The van der Waals surface area contributed by atoms with Crippen LogP contribution in [0.25, 0.3) is 0 Å². The Bertz CT molecular complexity index is 428. The number of carbonyl (C=O) groups is 1. The van der Waals surface area contributed by atoms with E-state index in [0.29, 0.717) is 12.5 Å². The maximum Gasteiger partial charge on any atom is 0.303 e. The quantitative estimate of drug-likeness (QED) is 0.838. The summed E-state index contributed by atoms with van der Waals surface area (Å²) in [5.41, 5.74) is 1.22. The topological polar surface area (TPSA) is 43.8 Å². The number of anilines is 1. The number of nitrogens with zero attached hydrogens (tertiary/aromatic N) is 2. The van der Waals surface area contributed by atoms with Gasteiger partial charge < -0.3 is 14.9 Å². The minimum absolute atomic E-state index is 0.247. The van der Waals surface area contributed by atoms with E-state index in [4.69, 9.17) is 5.11 Å². The standard InChI is InChI=1S/C17H26N2O2/c1-2-18-13-10-16(11-14-18)19(12-6-9-17(20)21)15-7-4-3-5-8-15/h3-5,7-8,16H,2,6,9-14H2,1H3,(H,20,21). The second-order valence-corrected chi connectivity index (χ2v) is 5.69. The van der Waals surface area contributed by atoms with Crippen molar-refractivity contribution in [2.45, 2.75) is 38.6 Å². The second-order valence-electron chi connectivity index (χ2n) is 5.69. The summed E-state index contributed by atoms with van der Waals surface area (Å²) in [6.45, 7) is 6.44. The van der Waals surface area contributed by atoms with Gasteiger partial charge in [0, 0.05) is 37.8 Å². The average Bonchev–Trinajstić information content (AvgIpc) is 2.52. The molecule has 4 heteroatoms. The van der Waals surface area contributed by atoms with Crippen molar-refractivity contribution in [2.24, 2.45) is 0 Å². The van der Waals surface area contributed by atoms with Crippen LogP contribution in [-0.4, -0.2) is 48.2 Å². The fourth-order valence-electron chi connectivity index (χ4n) is 3.09. The number of aliphatic carboxylic acids is 1. The van der Waals surface area contributed by atoms with E-state index < -0.39 is 5.97 Å². The monoisotopic (exact) mass is 290 g/mol. The van der Waals surface area contributed by atoms with Crippen LogP contribution in [0.2, 0.25) is 0 Å². The molecule has 1 aromatic rings. The summed E-state index contributed by atoms with van der Waals surface area (Å²) < 4.78 is 0. The van der Waals surface area contributed by atoms with E-state index in [-0.39, 0.29) is 6.42 Å². The van der Waals surface area contributed by atoms with Crippen LogP contribution in [0.5, 0.6) is 0 Å². The van der Waals surface area contributed by atoms with Crippen molar-refractivity contribution in [3.63, 3.8) is 0 Å². The number of benzene rings is 1. The van der Waals surface area contributed by atoms with Crippen molar-refractivity contribution < 1.29 is 9.90 Å². The van der Waals surface area contributed by atoms with Gasteiger partial charge in [-0.05, 0) is 37.9 Å². The summed E-state index contributed by atoms with van der Waals surface area (Å²) in [6, 6.07) is 10.9. The van der Waals surface area contributed by atoms with Gasteiger partial charge in [0.2, 0.25) is 0 Å². The molecule has 0 aromatic heterocycles. The summed E-state index contributed by atoms with van der Waals surface area (Å²) >= 11 is 0. The minimum Gasteiger partial charge on any atom is -0.481 e. The predicted molar refractivity (Wildman–Crippen MR) is 85.8 cm³/mol. The molecule has 0 aliphatic carbocycles. The summed E-state index contributed by atoms with van der Waals surface area (Å²) in [6.07, 6.45) is 3.28. The zero-order valence-electron chi connectivity index (χ0n) is 12.9. The highest BCUT2D eigenvalue weighted by molar-refractivity contribution is 5.66. The molecule has 1 saturated heterocycles. The Hall–Kier alpha value is -1.55. The molecule has 1 fully saturated rings. The van der Waals surface area contributed by atoms with Gasteiger partial charge in [0.15, 0.2) is 0 Å². The largest absolute Gasteiger partial charge is 0.481 e. The Labute approximate surface area is 127 Å². The molecule has 0 radical (unpaired) electrons. The molecule has 0 amide bonds. The van der Waals surface area contributed by atoms with E-state index in [1.54, 1.807) is 0 Å². The Morgan fingerprint density at radius 1 is 1.29 bits per heavy atom. The molecule has 1 aliphatic heterocycles. The SMILES string of the molecule is CCN1CCC(N(CCCC(=O)O)c2ccccc2)CC1. The fourth-order valence-corrected chi connectivity index (χ4v) is 3.09. The molecule has 1 aliphatic rings. The van der Waals surface area contributed by atoms with Crippen LogP contribution in [0, 0.1) is 0 Å². The number of hydrogen-bond acceptors (Lipinski definition) is 3.